The number of furan rings is 1. The monoisotopic (exact) mass is 417 g/mol. The van der Waals surface area contributed by atoms with Gasteiger partial charge in [0.15, 0.2) is 6.61 Å². The lowest BCUT2D eigenvalue weighted by Gasteiger charge is -2.22. The maximum absolute atomic E-state index is 12.8. The predicted octanol–water partition coefficient (Wildman–Crippen LogP) is 2.72. The van der Waals surface area contributed by atoms with Crippen molar-refractivity contribution in [3.05, 3.63) is 46.5 Å². The van der Waals surface area contributed by atoms with E-state index in [9.17, 15) is 14.4 Å². The molecule has 0 bridgehead atoms. The van der Waals surface area contributed by atoms with Gasteiger partial charge in [-0.05, 0) is 29.5 Å². The first-order chi connectivity index (χ1) is 13.9. The first kappa shape index (κ1) is 20.8. The molecule has 0 saturated carbocycles. The second-order valence-corrected chi connectivity index (χ2v) is 7.98. The van der Waals surface area contributed by atoms with Gasteiger partial charge in [-0.25, -0.2) is 9.80 Å². The van der Waals surface area contributed by atoms with Crippen molar-refractivity contribution in [3.63, 3.8) is 0 Å². The zero-order valence-corrected chi connectivity index (χ0v) is 17.3. The minimum Gasteiger partial charge on any atom is -0.467 e. The molecule has 29 heavy (non-hydrogen) atoms. The molecule has 2 aromatic heterocycles. The zero-order chi connectivity index (χ0) is 21.0. The zero-order valence-electron chi connectivity index (χ0n) is 16.5. The Hall–Kier alpha value is -2.94. The first-order valence-corrected chi connectivity index (χ1v) is 10.1. The van der Waals surface area contributed by atoms with Gasteiger partial charge in [-0.1, -0.05) is 19.9 Å². The molecule has 0 fully saturated rings. The molecule has 0 aromatic carbocycles. The molecule has 0 radical (unpaired) electrons. The number of hydrazone groups is 1. The summed E-state index contributed by atoms with van der Waals surface area (Å²) in [6.45, 7) is 4.43. The Labute approximate surface area is 172 Å². The standard InChI is InChI=1S/C20H23N3O5S/c1-12(2)19(21-13(3)24)20(26)28-11-18(25)23-15(16-6-4-8-27-16)10-14(22-23)17-7-5-9-29-17/h4-9,12,15,19H,10-11H2,1-3H3,(H,21,24)/t15-,19-/m0/s1. The molecule has 8 nitrogen and oxygen atoms in total. The van der Waals surface area contributed by atoms with Gasteiger partial charge in [0.25, 0.3) is 5.91 Å². The number of rotatable bonds is 7. The van der Waals surface area contributed by atoms with Gasteiger partial charge in [0.05, 0.1) is 16.9 Å². The van der Waals surface area contributed by atoms with E-state index in [0.29, 0.717) is 12.2 Å². The summed E-state index contributed by atoms with van der Waals surface area (Å²) in [5, 5.41) is 10.3. The maximum atomic E-state index is 12.8. The Kier molecular flexibility index (Phi) is 6.48. The van der Waals surface area contributed by atoms with E-state index in [4.69, 9.17) is 9.15 Å². The van der Waals surface area contributed by atoms with E-state index in [1.54, 1.807) is 32.2 Å². The summed E-state index contributed by atoms with van der Waals surface area (Å²) in [6, 6.07) is 6.19. The van der Waals surface area contributed by atoms with Crippen LogP contribution in [0.1, 0.15) is 43.9 Å². The van der Waals surface area contributed by atoms with Crippen molar-refractivity contribution >= 4 is 34.8 Å². The van der Waals surface area contributed by atoms with Crippen molar-refractivity contribution in [2.45, 2.75) is 39.3 Å². The molecular formula is C20H23N3O5S. The first-order valence-electron chi connectivity index (χ1n) is 9.27. The lowest BCUT2D eigenvalue weighted by molar-refractivity contribution is -0.156. The number of nitrogens with one attached hydrogen (secondary N) is 1. The lowest BCUT2D eigenvalue weighted by atomic mass is 10.0. The third-order valence-corrected chi connectivity index (χ3v) is 5.38. The number of carbonyl (C=O) groups is 3. The lowest BCUT2D eigenvalue weighted by Crippen LogP contribution is -2.45. The summed E-state index contributed by atoms with van der Waals surface area (Å²) in [5.41, 5.74) is 0.777. The Balaban J connectivity index is 1.71. The van der Waals surface area contributed by atoms with Gasteiger partial charge in [-0.3, -0.25) is 9.59 Å². The summed E-state index contributed by atoms with van der Waals surface area (Å²) in [6.07, 6.45) is 2.05. The molecule has 1 aliphatic heterocycles. The number of hydrogen-bond acceptors (Lipinski definition) is 7. The fourth-order valence-electron chi connectivity index (χ4n) is 3.04. The Morgan fingerprint density at radius 2 is 2.14 bits per heavy atom. The van der Waals surface area contributed by atoms with E-state index in [-0.39, 0.29) is 11.8 Å². The van der Waals surface area contributed by atoms with Crippen LogP contribution in [0.2, 0.25) is 0 Å². The number of nitrogens with zero attached hydrogens (tertiary/aromatic N) is 2. The second-order valence-electron chi connectivity index (χ2n) is 7.03. The molecule has 2 amide bonds. The summed E-state index contributed by atoms with van der Waals surface area (Å²) in [7, 11) is 0. The van der Waals surface area contributed by atoms with Gasteiger partial charge in [0.2, 0.25) is 5.91 Å². The SMILES string of the molecule is CC(=O)N[C@H](C(=O)OCC(=O)N1N=C(c2cccs2)C[C@H]1c1ccco1)C(C)C. The number of amides is 2. The average molecular weight is 417 g/mol. The molecular weight excluding hydrogens is 394 g/mol. The fraction of sp³-hybridized carbons (Fsp3) is 0.400. The maximum Gasteiger partial charge on any atom is 0.329 e. The number of hydrogen-bond donors (Lipinski definition) is 1. The van der Waals surface area contributed by atoms with Crippen LogP contribution in [0, 0.1) is 5.92 Å². The molecule has 2 atom stereocenters. The highest BCUT2D eigenvalue weighted by molar-refractivity contribution is 7.12. The molecule has 0 aliphatic carbocycles. The molecule has 0 spiro atoms. The quantitative estimate of drug-likeness (QED) is 0.698. The van der Waals surface area contributed by atoms with Gasteiger partial charge in [-0.2, -0.15) is 5.10 Å². The van der Waals surface area contributed by atoms with Crippen molar-refractivity contribution in [1.82, 2.24) is 10.3 Å². The van der Waals surface area contributed by atoms with Crippen molar-refractivity contribution in [1.29, 1.82) is 0 Å². The minimum absolute atomic E-state index is 0.174. The largest absolute Gasteiger partial charge is 0.467 e. The molecule has 1 aliphatic rings. The highest BCUT2D eigenvalue weighted by Crippen LogP contribution is 2.34. The highest BCUT2D eigenvalue weighted by Gasteiger charge is 2.36. The third kappa shape index (κ3) is 4.92. The molecule has 154 valence electrons. The van der Waals surface area contributed by atoms with E-state index < -0.39 is 30.6 Å². The Morgan fingerprint density at radius 1 is 1.34 bits per heavy atom. The topological polar surface area (TPSA) is 101 Å². The van der Waals surface area contributed by atoms with E-state index in [2.05, 4.69) is 10.4 Å². The normalized spacial score (nSPS) is 17.2. The van der Waals surface area contributed by atoms with Gasteiger partial charge in [0.1, 0.15) is 17.8 Å². The van der Waals surface area contributed by atoms with Gasteiger partial charge < -0.3 is 14.5 Å². The number of esters is 1. The number of ether oxygens (including phenoxy) is 1. The third-order valence-electron chi connectivity index (χ3n) is 4.46. The summed E-state index contributed by atoms with van der Waals surface area (Å²) >= 11 is 1.54. The van der Waals surface area contributed by atoms with Crippen LogP contribution >= 0.6 is 11.3 Å². The molecule has 3 heterocycles. The number of thiophene rings is 1. The van der Waals surface area contributed by atoms with Gasteiger partial charge in [0, 0.05) is 13.3 Å². The fourth-order valence-corrected chi connectivity index (χ4v) is 3.76. The smallest absolute Gasteiger partial charge is 0.329 e. The van der Waals surface area contributed by atoms with Crippen molar-refractivity contribution in [2.75, 3.05) is 6.61 Å². The average Bonchev–Trinajstić information content (AvgIpc) is 3.43. The van der Waals surface area contributed by atoms with Gasteiger partial charge in [-0.15, -0.1) is 11.3 Å². The summed E-state index contributed by atoms with van der Waals surface area (Å²) in [5.74, 6) is -1.02. The van der Waals surface area contributed by atoms with Crippen molar-refractivity contribution in [3.8, 4) is 0 Å². The molecule has 0 saturated heterocycles. The molecule has 2 aromatic rings. The van der Waals surface area contributed by atoms with E-state index >= 15 is 0 Å². The van der Waals surface area contributed by atoms with Crippen molar-refractivity contribution < 1.29 is 23.5 Å². The van der Waals surface area contributed by atoms with Crippen molar-refractivity contribution in [2.24, 2.45) is 11.0 Å². The molecule has 1 N–H and O–H groups in total. The van der Waals surface area contributed by atoms with Crippen LogP contribution in [0.5, 0.6) is 0 Å². The summed E-state index contributed by atoms with van der Waals surface area (Å²) < 4.78 is 10.7. The van der Waals surface area contributed by atoms with E-state index in [0.717, 1.165) is 10.6 Å². The molecule has 3 rings (SSSR count). The van der Waals surface area contributed by atoms with Crippen LogP contribution in [-0.4, -0.2) is 41.2 Å². The van der Waals surface area contributed by atoms with Gasteiger partial charge >= 0.3 is 5.97 Å². The van der Waals surface area contributed by atoms with Crippen LogP contribution in [0.3, 0.4) is 0 Å². The Bertz CT molecular complexity index is 889. The predicted molar refractivity (Wildman–Crippen MR) is 107 cm³/mol. The van der Waals surface area contributed by atoms with Crippen LogP contribution in [0.4, 0.5) is 0 Å². The molecule has 0 unspecified atom stereocenters. The van der Waals surface area contributed by atoms with Crippen LogP contribution < -0.4 is 5.32 Å². The van der Waals surface area contributed by atoms with E-state index in [1.807, 2.05) is 17.5 Å². The van der Waals surface area contributed by atoms with E-state index in [1.165, 1.54) is 23.3 Å². The van der Waals surface area contributed by atoms with Crippen LogP contribution in [0.15, 0.2) is 45.4 Å². The molecule has 9 heteroatoms. The highest BCUT2D eigenvalue weighted by atomic mass is 32.1. The van der Waals surface area contributed by atoms with Crippen LogP contribution in [-0.2, 0) is 19.1 Å². The minimum atomic E-state index is -0.815. The Morgan fingerprint density at radius 3 is 2.72 bits per heavy atom. The number of carbonyl (C=O) groups excluding carboxylic acids is 3. The summed E-state index contributed by atoms with van der Waals surface area (Å²) in [4.78, 5) is 37.4. The second kappa shape index (κ2) is 9.04. The van der Waals surface area contributed by atoms with Crippen LogP contribution in [0.25, 0.3) is 0 Å².